The number of hydroxylamine groups is 2. The molecule has 165 valence electrons. The molecule has 0 amide bonds. The summed E-state index contributed by atoms with van der Waals surface area (Å²) >= 11 is 0. The minimum Gasteiger partial charge on any atom is -0.480 e. The van der Waals surface area contributed by atoms with Gasteiger partial charge in [0.05, 0.1) is 0 Å². The summed E-state index contributed by atoms with van der Waals surface area (Å²) in [5, 5.41) is 45.7. The van der Waals surface area contributed by atoms with E-state index in [1.807, 2.05) is 0 Å². The van der Waals surface area contributed by atoms with Gasteiger partial charge < -0.3 is 40.2 Å². The van der Waals surface area contributed by atoms with E-state index in [1.165, 1.54) is 0 Å². The van der Waals surface area contributed by atoms with Crippen LogP contribution in [-0.2, 0) is 9.55 Å². The normalized spacial score (nSPS) is 12.3. The zero-order valence-electron chi connectivity index (χ0n) is 18.3. The lowest BCUT2D eigenvalue weighted by atomic mass is 9.81. The summed E-state index contributed by atoms with van der Waals surface area (Å²) in [5.41, 5.74) is 0. The fraction of sp³-hybridized carbons (Fsp3) is 0.933. The van der Waals surface area contributed by atoms with E-state index < -0.39 is 33.2 Å². The van der Waals surface area contributed by atoms with Gasteiger partial charge in [-0.05, 0) is 65.8 Å². The Hall–Kier alpha value is -0.590. The third-order valence-corrected chi connectivity index (χ3v) is 4.36. The van der Waals surface area contributed by atoms with Gasteiger partial charge in [0.15, 0.2) is 0 Å². The molecular weight excluding hydrogens is 375 g/mol. The SMILES string of the molecule is C[B]ON(CCCNB(C)O)CCCC(C(=O)O)N(CCCNB(C)O)B(C)O. The molecule has 0 rings (SSSR count). The number of rotatable bonds is 19. The minimum atomic E-state index is -0.968. The highest BCUT2D eigenvalue weighted by Gasteiger charge is 2.30. The van der Waals surface area contributed by atoms with Gasteiger partial charge in [-0.25, -0.2) is 5.06 Å². The number of nitrogens with one attached hydrogen (secondary N) is 2. The Balaban J connectivity index is 4.55. The molecule has 0 spiro atoms. The van der Waals surface area contributed by atoms with E-state index in [0.717, 1.165) is 6.42 Å². The molecule has 10 nitrogen and oxygen atoms in total. The Kier molecular flexibility index (Phi) is 16.8. The molecule has 1 unspecified atom stereocenters. The molecule has 14 heteroatoms. The molecule has 1 atom stereocenters. The van der Waals surface area contributed by atoms with Crippen molar-refractivity contribution in [1.82, 2.24) is 20.3 Å². The number of carboxylic acid groups (broad SMARTS) is 1. The number of hydrogen-bond donors (Lipinski definition) is 6. The summed E-state index contributed by atoms with van der Waals surface area (Å²) in [7, 11) is -0.484. The van der Waals surface area contributed by atoms with Gasteiger partial charge in [0.25, 0.3) is 0 Å². The van der Waals surface area contributed by atoms with Crippen molar-refractivity contribution in [2.75, 3.05) is 32.7 Å². The standard InChI is InChI=1S/C15H37B4N4O6/c1-16-29-22(12-6-9-20-17(2)26)11-5-8-14(15(24)25)23(19(4)28)13-7-10-21-18(3)27/h14,20-21,26-28H,5-13H2,1-4H3,(H,24,25). The zero-order chi connectivity index (χ0) is 22.2. The molecule has 0 saturated carbocycles. The van der Waals surface area contributed by atoms with Crippen molar-refractivity contribution in [2.24, 2.45) is 0 Å². The average molecular weight is 413 g/mol. The van der Waals surface area contributed by atoms with Crippen molar-refractivity contribution >= 4 is 34.6 Å². The van der Waals surface area contributed by atoms with Crippen LogP contribution in [0.1, 0.15) is 25.7 Å². The first kappa shape index (κ1) is 28.4. The monoisotopic (exact) mass is 413 g/mol. The van der Waals surface area contributed by atoms with Gasteiger partial charge in [-0.2, -0.15) is 0 Å². The predicted molar refractivity (Wildman–Crippen MR) is 118 cm³/mol. The topological polar surface area (TPSA) is 138 Å². The molecule has 1 radical (unpaired) electrons. The molecule has 0 bridgehead atoms. The van der Waals surface area contributed by atoms with E-state index >= 15 is 0 Å². The van der Waals surface area contributed by atoms with Crippen LogP contribution in [0.3, 0.4) is 0 Å². The zero-order valence-corrected chi connectivity index (χ0v) is 18.3. The molecule has 29 heavy (non-hydrogen) atoms. The highest BCUT2D eigenvalue weighted by atomic mass is 16.6. The average Bonchev–Trinajstić information content (AvgIpc) is 2.62. The summed E-state index contributed by atoms with van der Waals surface area (Å²) in [6.45, 7) is 9.40. The van der Waals surface area contributed by atoms with Gasteiger partial charge in [-0.3, -0.25) is 4.79 Å². The van der Waals surface area contributed by atoms with Gasteiger partial charge in [0.1, 0.15) is 6.04 Å². The first-order valence-corrected chi connectivity index (χ1v) is 10.4. The van der Waals surface area contributed by atoms with Crippen molar-refractivity contribution in [3.05, 3.63) is 0 Å². The van der Waals surface area contributed by atoms with Crippen LogP contribution in [0, 0.1) is 0 Å². The van der Waals surface area contributed by atoms with E-state index in [-0.39, 0.29) is 0 Å². The van der Waals surface area contributed by atoms with Crippen LogP contribution in [0.2, 0.25) is 27.3 Å². The molecule has 0 aliphatic rings. The molecule has 0 aromatic heterocycles. The van der Waals surface area contributed by atoms with Gasteiger partial charge in [0, 0.05) is 13.1 Å². The van der Waals surface area contributed by atoms with Crippen molar-refractivity contribution in [1.29, 1.82) is 0 Å². The Bertz CT molecular complexity index is 426. The Morgan fingerprint density at radius 3 is 1.97 bits per heavy atom. The number of aliphatic carboxylic acids is 1. The van der Waals surface area contributed by atoms with E-state index in [1.54, 1.807) is 44.6 Å². The van der Waals surface area contributed by atoms with Crippen LogP contribution in [0.4, 0.5) is 0 Å². The molecule has 0 aliphatic carbocycles. The van der Waals surface area contributed by atoms with E-state index in [4.69, 9.17) is 4.76 Å². The van der Waals surface area contributed by atoms with Gasteiger partial charge >= 0.3 is 34.6 Å². The van der Waals surface area contributed by atoms with Crippen molar-refractivity contribution in [3.63, 3.8) is 0 Å². The third-order valence-electron chi connectivity index (χ3n) is 4.36. The first-order valence-electron chi connectivity index (χ1n) is 10.4. The molecule has 0 fully saturated rings. The molecular formula is C15H37B4N4O6. The van der Waals surface area contributed by atoms with Crippen LogP contribution in [0.15, 0.2) is 0 Å². The van der Waals surface area contributed by atoms with Crippen LogP contribution in [0.5, 0.6) is 0 Å². The van der Waals surface area contributed by atoms with Gasteiger partial charge in [-0.15, -0.1) is 0 Å². The quantitative estimate of drug-likeness (QED) is 0.0863. The summed E-state index contributed by atoms with van der Waals surface area (Å²) in [6.07, 6.45) is 2.34. The number of nitrogens with zero attached hydrogens (tertiary/aromatic N) is 2. The molecule has 0 heterocycles. The van der Waals surface area contributed by atoms with Crippen LogP contribution < -0.4 is 10.5 Å². The largest absolute Gasteiger partial charge is 0.480 e. The van der Waals surface area contributed by atoms with Crippen LogP contribution in [-0.4, -0.2) is 103 Å². The number of carboxylic acids is 1. The lowest BCUT2D eigenvalue weighted by molar-refractivity contribution is -0.142. The highest BCUT2D eigenvalue weighted by molar-refractivity contribution is 6.46. The Morgan fingerprint density at radius 2 is 1.52 bits per heavy atom. The van der Waals surface area contributed by atoms with E-state index in [0.29, 0.717) is 52.0 Å². The molecule has 0 saturated heterocycles. The maximum Gasteiger partial charge on any atom is 0.377 e. The van der Waals surface area contributed by atoms with Crippen LogP contribution in [0.25, 0.3) is 0 Å². The second kappa shape index (κ2) is 17.1. The van der Waals surface area contributed by atoms with Gasteiger partial charge in [0.2, 0.25) is 0 Å². The fourth-order valence-electron chi connectivity index (χ4n) is 3.00. The summed E-state index contributed by atoms with van der Waals surface area (Å²) < 4.78 is 5.48. The first-order chi connectivity index (χ1) is 13.7. The summed E-state index contributed by atoms with van der Waals surface area (Å²) in [4.78, 5) is 13.3. The third kappa shape index (κ3) is 14.9. The maximum absolute atomic E-state index is 11.8. The smallest absolute Gasteiger partial charge is 0.377 e. The van der Waals surface area contributed by atoms with Crippen molar-refractivity contribution < 1.29 is 29.7 Å². The second-order valence-electron chi connectivity index (χ2n) is 7.10. The number of carbonyl (C=O) groups is 1. The molecule has 0 aromatic rings. The highest BCUT2D eigenvalue weighted by Crippen LogP contribution is 2.11. The minimum absolute atomic E-state index is 0.375. The Labute approximate surface area is 177 Å². The molecule has 6 N–H and O–H groups in total. The molecule has 0 aromatic carbocycles. The fourth-order valence-corrected chi connectivity index (χ4v) is 3.00. The summed E-state index contributed by atoms with van der Waals surface area (Å²) in [6, 6.07) is -0.800. The lowest BCUT2D eigenvalue weighted by Crippen LogP contribution is -2.50. The summed E-state index contributed by atoms with van der Waals surface area (Å²) in [5.74, 6) is -0.968. The van der Waals surface area contributed by atoms with Gasteiger partial charge in [-0.1, -0.05) is 6.82 Å². The number of hydrogen-bond acceptors (Lipinski definition) is 9. The maximum atomic E-state index is 11.8. The lowest BCUT2D eigenvalue weighted by Gasteiger charge is -2.30. The van der Waals surface area contributed by atoms with E-state index in [9.17, 15) is 25.0 Å². The second-order valence-corrected chi connectivity index (χ2v) is 7.10. The molecule has 0 aliphatic heterocycles. The van der Waals surface area contributed by atoms with Crippen molar-refractivity contribution in [2.45, 2.75) is 59.0 Å². The van der Waals surface area contributed by atoms with E-state index in [2.05, 4.69) is 10.5 Å². The van der Waals surface area contributed by atoms with Crippen molar-refractivity contribution in [3.8, 4) is 0 Å². The predicted octanol–water partition coefficient (Wildman–Crippen LogP) is -1.29. The Morgan fingerprint density at radius 1 is 1.00 bits per heavy atom. The van der Waals surface area contributed by atoms with Crippen LogP contribution >= 0.6 is 0 Å².